The normalized spacial score (nSPS) is 14.9. The molecule has 1 aliphatic heterocycles. The van der Waals surface area contributed by atoms with Crippen LogP contribution in [0.3, 0.4) is 0 Å². The Morgan fingerprint density at radius 3 is 3.00 bits per heavy atom. The first kappa shape index (κ1) is 13.1. The van der Waals surface area contributed by atoms with E-state index in [1.807, 2.05) is 30.3 Å². The number of nitrogens with zero attached hydrogens (tertiary/aromatic N) is 2. The van der Waals surface area contributed by atoms with Crippen LogP contribution in [0.4, 0.5) is 5.82 Å². The van der Waals surface area contributed by atoms with Crippen molar-refractivity contribution in [2.24, 2.45) is 4.99 Å². The number of aromatic nitrogens is 1. The van der Waals surface area contributed by atoms with Crippen LogP contribution in [-0.4, -0.2) is 10.8 Å². The second kappa shape index (κ2) is 5.63. The Hall–Kier alpha value is -1.87. The van der Waals surface area contributed by atoms with Gasteiger partial charge < -0.3 is 5.32 Å². The lowest BCUT2D eigenvalue weighted by atomic mass is 10.1. The van der Waals surface area contributed by atoms with E-state index >= 15 is 0 Å². The monoisotopic (exact) mass is 285 g/mol. The zero-order chi connectivity index (χ0) is 13.9. The van der Waals surface area contributed by atoms with E-state index in [9.17, 15) is 0 Å². The number of anilines is 1. The van der Waals surface area contributed by atoms with E-state index in [1.54, 1.807) is 0 Å². The number of hydrogen-bond acceptors (Lipinski definition) is 3. The van der Waals surface area contributed by atoms with Crippen LogP contribution in [-0.2, 0) is 0 Å². The summed E-state index contributed by atoms with van der Waals surface area (Å²) in [6.45, 7) is 2.12. The van der Waals surface area contributed by atoms with Gasteiger partial charge in [0.05, 0.1) is 5.52 Å². The topological polar surface area (TPSA) is 37.3 Å². The highest BCUT2D eigenvalue weighted by Gasteiger charge is 2.07. The first-order chi connectivity index (χ1) is 9.74. The highest BCUT2D eigenvalue weighted by molar-refractivity contribution is 6.31. The minimum atomic E-state index is 0.731. The molecule has 0 saturated carbocycles. The molecule has 3 nitrogen and oxygen atoms in total. The molecule has 1 aromatic carbocycles. The molecule has 0 amide bonds. The number of amidine groups is 1. The Kier molecular flexibility index (Phi) is 3.70. The minimum absolute atomic E-state index is 0.731. The molecule has 0 atom stereocenters. The first-order valence-electron chi connectivity index (χ1n) is 6.84. The number of fused-ring (bicyclic) bond motifs is 1. The maximum Gasteiger partial charge on any atom is 0.131 e. The second-order valence-corrected chi connectivity index (χ2v) is 5.24. The van der Waals surface area contributed by atoms with Crippen LogP contribution >= 0.6 is 11.6 Å². The van der Waals surface area contributed by atoms with Gasteiger partial charge in [0, 0.05) is 22.5 Å². The Bertz CT molecular complexity index is 704. The van der Waals surface area contributed by atoms with Crippen molar-refractivity contribution in [2.45, 2.75) is 26.2 Å². The molecule has 102 valence electrons. The molecule has 1 aliphatic rings. The zero-order valence-electron chi connectivity index (χ0n) is 11.4. The van der Waals surface area contributed by atoms with Crippen LogP contribution < -0.4 is 5.32 Å². The second-order valence-electron chi connectivity index (χ2n) is 4.80. The van der Waals surface area contributed by atoms with Gasteiger partial charge in [-0.15, -0.1) is 0 Å². The Morgan fingerprint density at radius 2 is 2.15 bits per heavy atom. The molecular weight excluding hydrogens is 270 g/mol. The predicted octanol–water partition coefficient (Wildman–Crippen LogP) is 4.79. The zero-order valence-corrected chi connectivity index (χ0v) is 12.1. The summed E-state index contributed by atoms with van der Waals surface area (Å²) in [4.78, 5) is 9.19. The van der Waals surface area contributed by atoms with Gasteiger partial charge in [0.15, 0.2) is 0 Å². The molecule has 0 fully saturated rings. The highest BCUT2D eigenvalue weighted by atomic mass is 35.5. The molecule has 20 heavy (non-hydrogen) atoms. The first-order valence-corrected chi connectivity index (χ1v) is 7.22. The molecule has 0 radical (unpaired) electrons. The number of hydrogen-bond donors (Lipinski definition) is 1. The molecule has 0 aliphatic carbocycles. The SMILES string of the molecule is CCC1=CCCC(Nc2ccc3cc(Cl)ccc3n2)=N1. The van der Waals surface area contributed by atoms with Crippen LogP contribution in [0.2, 0.25) is 5.02 Å². The summed E-state index contributed by atoms with van der Waals surface area (Å²) < 4.78 is 0. The summed E-state index contributed by atoms with van der Waals surface area (Å²) in [6, 6.07) is 9.70. The average Bonchev–Trinajstić information content (AvgIpc) is 2.47. The fraction of sp³-hybridized carbons (Fsp3) is 0.250. The third kappa shape index (κ3) is 2.83. The molecule has 0 saturated heterocycles. The maximum absolute atomic E-state index is 5.98. The predicted molar refractivity (Wildman–Crippen MR) is 85.4 cm³/mol. The number of benzene rings is 1. The molecule has 0 bridgehead atoms. The molecule has 4 heteroatoms. The van der Waals surface area contributed by atoms with Gasteiger partial charge in [-0.05, 0) is 43.2 Å². The molecule has 0 spiro atoms. The largest absolute Gasteiger partial charge is 0.328 e. The number of halogens is 1. The summed E-state index contributed by atoms with van der Waals surface area (Å²) in [5, 5.41) is 5.09. The van der Waals surface area contributed by atoms with Gasteiger partial charge in [-0.25, -0.2) is 9.98 Å². The highest BCUT2D eigenvalue weighted by Crippen LogP contribution is 2.21. The quantitative estimate of drug-likeness (QED) is 0.861. The van der Waals surface area contributed by atoms with Crippen LogP contribution in [0.15, 0.2) is 47.1 Å². The summed E-state index contributed by atoms with van der Waals surface area (Å²) in [5.74, 6) is 1.82. The molecule has 1 N–H and O–H groups in total. The van der Waals surface area contributed by atoms with Gasteiger partial charge in [-0.3, -0.25) is 0 Å². The van der Waals surface area contributed by atoms with Crippen molar-refractivity contribution in [1.29, 1.82) is 0 Å². The number of rotatable bonds is 2. The lowest BCUT2D eigenvalue weighted by Gasteiger charge is -2.13. The number of allylic oxidation sites excluding steroid dienone is 2. The van der Waals surface area contributed by atoms with Crippen LogP contribution in [0.1, 0.15) is 26.2 Å². The van der Waals surface area contributed by atoms with Crippen LogP contribution in [0.5, 0.6) is 0 Å². The van der Waals surface area contributed by atoms with Gasteiger partial charge >= 0.3 is 0 Å². The van der Waals surface area contributed by atoms with Crippen LogP contribution in [0, 0.1) is 0 Å². The Labute approximate surface area is 123 Å². The van der Waals surface area contributed by atoms with E-state index in [-0.39, 0.29) is 0 Å². The molecule has 2 aromatic rings. The summed E-state index contributed by atoms with van der Waals surface area (Å²) in [7, 11) is 0. The summed E-state index contributed by atoms with van der Waals surface area (Å²) >= 11 is 5.98. The third-order valence-electron chi connectivity index (χ3n) is 3.33. The van der Waals surface area contributed by atoms with Crippen molar-refractivity contribution < 1.29 is 0 Å². The van der Waals surface area contributed by atoms with Crippen molar-refractivity contribution in [2.75, 3.05) is 5.32 Å². The summed E-state index contributed by atoms with van der Waals surface area (Å²) in [5.41, 5.74) is 2.08. The summed E-state index contributed by atoms with van der Waals surface area (Å²) in [6.07, 6.45) is 5.14. The third-order valence-corrected chi connectivity index (χ3v) is 3.56. The average molecular weight is 286 g/mol. The van der Waals surface area contributed by atoms with Crippen molar-refractivity contribution in [3.8, 4) is 0 Å². The molecule has 3 rings (SSSR count). The van der Waals surface area contributed by atoms with Crippen molar-refractivity contribution in [3.05, 3.63) is 47.1 Å². The Morgan fingerprint density at radius 1 is 1.25 bits per heavy atom. The molecular formula is C16H16ClN3. The Balaban J connectivity index is 1.86. The van der Waals surface area contributed by atoms with E-state index in [1.165, 1.54) is 0 Å². The van der Waals surface area contributed by atoms with Gasteiger partial charge in [0.25, 0.3) is 0 Å². The standard InChI is InChI=1S/C16H16ClN3/c1-2-13-4-3-5-15(18-13)20-16-9-6-11-10-12(17)7-8-14(11)19-16/h4,6-10H,2-3,5H2,1H3,(H,18,19,20). The van der Waals surface area contributed by atoms with Crippen LogP contribution in [0.25, 0.3) is 10.9 Å². The van der Waals surface area contributed by atoms with Crippen molar-refractivity contribution >= 4 is 34.2 Å². The van der Waals surface area contributed by atoms with Crippen molar-refractivity contribution in [3.63, 3.8) is 0 Å². The van der Waals surface area contributed by atoms with Gasteiger partial charge in [0.1, 0.15) is 11.7 Å². The lowest BCUT2D eigenvalue weighted by Crippen LogP contribution is -2.15. The fourth-order valence-electron chi connectivity index (χ4n) is 2.28. The van der Waals surface area contributed by atoms with E-state index in [0.717, 1.165) is 52.5 Å². The van der Waals surface area contributed by atoms with E-state index in [4.69, 9.17) is 11.6 Å². The van der Waals surface area contributed by atoms with Gasteiger partial charge in [0.2, 0.25) is 0 Å². The van der Waals surface area contributed by atoms with E-state index < -0.39 is 0 Å². The maximum atomic E-state index is 5.98. The fourth-order valence-corrected chi connectivity index (χ4v) is 2.46. The smallest absolute Gasteiger partial charge is 0.131 e. The molecule has 0 unspecified atom stereocenters. The number of aliphatic imine (C=N–C) groups is 1. The van der Waals surface area contributed by atoms with E-state index in [2.05, 4.69) is 28.3 Å². The number of nitrogens with one attached hydrogen (secondary N) is 1. The number of pyridine rings is 1. The minimum Gasteiger partial charge on any atom is -0.328 e. The molecule has 2 heterocycles. The lowest BCUT2D eigenvalue weighted by molar-refractivity contribution is 0.956. The van der Waals surface area contributed by atoms with Gasteiger partial charge in [-0.2, -0.15) is 0 Å². The van der Waals surface area contributed by atoms with E-state index in [0.29, 0.717) is 0 Å². The van der Waals surface area contributed by atoms with Gasteiger partial charge in [-0.1, -0.05) is 24.6 Å². The van der Waals surface area contributed by atoms with Crippen molar-refractivity contribution in [1.82, 2.24) is 4.98 Å². The molecule has 1 aromatic heterocycles.